The lowest BCUT2D eigenvalue weighted by Crippen LogP contribution is -1.94. The summed E-state index contributed by atoms with van der Waals surface area (Å²) in [5, 5.41) is 8.50. The van der Waals surface area contributed by atoms with E-state index in [-0.39, 0.29) is 53.1 Å². The van der Waals surface area contributed by atoms with Crippen LogP contribution in [0.1, 0.15) is 9.60 Å². The third-order valence-corrected chi connectivity index (χ3v) is 9.66. The van der Waals surface area contributed by atoms with Crippen LogP contribution in [-0.2, 0) is 0 Å². The summed E-state index contributed by atoms with van der Waals surface area (Å²) in [7, 11) is 0. The topological polar surface area (TPSA) is 0 Å². The smallest absolute Gasteiger partial charge is 0.0616 e. The van der Waals surface area contributed by atoms with E-state index in [1.807, 2.05) is 133 Å². The molecule has 0 heteroatoms. The first-order valence-corrected chi connectivity index (χ1v) is 16.1. The van der Waals surface area contributed by atoms with Gasteiger partial charge in [-0.15, -0.1) is 0 Å². The molecule has 10 aromatic carbocycles. The average molecular weight is 614 g/mol. The summed E-state index contributed by atoms with van der Waals surface area (Å²) < 4.78 is 67.1. The summed E-state index contributed by atoms with van der Waals surface area (Å²) in [5.41, 5.74) is 3.17. The first-order chi connectivity index (χ1) is 26.8. The van der Waals surface area contributed by atoms with Crippen LogP contribution in [0.15, 0.2) is 182 Å². The SMILES string of the molecule is [2H]c1c([2H])c([2H])c2c(-c3cc4ccccc4c4ccccc34)c3c([2H])c([2H])c(-c4cccc5ccccc45)c([2H])c3c(-c3cccc4ccccc34)c2c1[2H]. The molecule has 0 amide bonds. The summed E-state index contributed by atoms with van der Waals surface area (Å²) in [6.45, 7) is 0. The van der Waals surface area contributed by atoms with E-state index in [1.54, 1.807) is 0 Å². The van der Waals surface area contributed by atoms with Gasteiger partial charge in [0.25, 0.3) is 0 Å². The molecular weight excluding hydrogens is 577 g/mol. The lowest BCUT2D eigenvalue weighted by Gasteiger charge is -2.21. The fourth-order valence-corrected chi connectivity index (χ4v) is 7.54. The zero-order chi connectivity index (χ0) is 37.7. The van der Waals surface area contributed by atoms with Gasteiger partial charge >= 0.3 is 0 Å². The van der Waals surface area contributed by atoms with Gasteiger partial charge in [-0.1, -0.05) is 170 Å². The Balaban J connectivity index is 1.55. The van der Waals surface area contributed by atoms with Crippen molar-refractivity contribution in [3.05, 3.63) is 182 Å². The first kappa shape index (κ1) is 20.8. The van der Waals surface area contributed by atoms with Gasteiger partial charge in [0.2, 0.25) is 0 Å². The number of hydrogen-bond acceptors (Lipinski definition) is 0. The third kappa shape index (κ3) is 4.03. The van der Waals surface area contributed by atoms with Crippen molar-refractivity contribution in [2.24, 2.45) is 0 Å². The van der Waals surface area contributed by atoms with Gasteiger partial charge in [0.1, 0.15) is 0 Å². The van der Waals surface area contributed by atoms with E-state index in [9.17, 15) is 6.85 Å². The fraction of sp³-hybridized carbons (Fsp3) is 0. The van der Waals surface area contributed by atoms with Crippen LogP contribution < -0.4 is 0 Å². The van der Waals surface area contributed by atoms with Crippen LogP contribution >= 0.6 is 0 Å². The van der Waals surface area contributed by atoms with Gasteiger partial charge in [-0.2, -0.15) is 0 Å². The zero-order valence-corrected chi connectivity index (χ0v) is 25.8. The lowest BCUT2D eigenvalue weighted by atomic mass is 9.82. The number of hydrogen-bond donors (Lipinski definition) is 0. The molecule has 48 heavy (non-hydrogen) atoms. The van der Waals surface area contributed by atoms with E-state index >= 15 is 0 Å². The van der Waals surface area contributed by atoms with E-state index in [2.05, 4.69) is 6.07 Å². The van der Waals surface area contributed by atoms with Crippen LogP contribution in [0.4, 0.5) is 0 Å². The third-order valence-electron chi connectivity index (χ3n) is 9.66. The van der Waals surface area contributed by atoms with Crippen LogP contribution in [0.3, 0.4) is 0 Å². The van der Waals surface area contributed by atoms with Crippen molar-refractivity contribution in [3.63, 3.8) is 0 Å². The molecule has 10 aromatic rings. The second kappa shape index (κ2) is 10.7. The minimum Gasteiger partial charge on any atom is -0.0616 e. The summed E-state index contributed by atoms with van der Waals surface area (Å²) in [4.78, 5) is 0. The summed E-state index contributed by atoms with van der Waals surface area (Å²) in [5.74, 6) is 0. The molecule has 0 heterocycles. The van der Waals surface area contributed by atoms with Gasteiger partial charge in [0.15, 0.2) is 0 Å². The maximum Gasteiger partial charge on any atom is 0.0636 e. The van der Waals surface area contributed by atoms with Crippen molar-refractivity contribution in [2.45, 2.75) is 0 Å². The van der Waals surface area contributed by atoms with Crippen molar-refractivity contribution >= 4 is 64.6 Å². The molecule has 0 aliphatic carbocycles. The second-order valence-corrected chi connectivity index (χ2v) is 12.2. The van der Waals surface area contributed by atoms with E-state index < -0.39 is 0 Å². The van der Waals surface area contributed by atoms with Crippen molar-refractivity contribution < 1.29 is 9.60 Å². The van der Waals surface area contributed by atoms with Crippen LogP contribution in [0.25, 0.3) is 98.0 Å². The van der Waals surface area contributed by atoms with Crippen molar-refractivity contribution in [3.8, 4) is 33.4 Å². The molecule has 0 unspecified atom stereocenters. The highest BCUT2D eigenvalue weighted by molar-refractivity contribution is 6.27. The molecule has 0 aliphatic rings. The largest absolute Gasteiger partial charge is 0.0636 e. The van der Waals surface area contributed by atoms with Gasteiger partial charge < -0.3 is 0 Å². The van der Waals surface area contributed by atoms with E-state index in [4.69, 9.17) is 2.74 Å². The van der Waals surface area contributed by atoms with Crippen molar-refractivity contribution in [1.29, 1.82) is 0 Å². The maximum atomic E-state index is 10.2. The zero-order valence-electron chi connectivity index (χ0n) is 32.8. The van der Waals surface area contributed by atoms with Crippen LogP contribution in [0, 0.1) is 0 Å². The molecular formula is C48H30. The normalized spacial score (nSPS) is 13.8. The molecule has 10 rings (SSSR count). The van der Waals surface area contributed by atoms with Crippen LogP contribution in [0.5, 0.6) is 0 Å². The van der Waals surface area contributed by atoms with Gasteiger partial charge in [0.05, 0.1) is 9.60 Å². The second-order valence-electron chi connectivity index (χ2n) is 12.2. The Kier molecular flexibility index (Phi) is 4.62. The Bertz CT molecular complexity index is 3280. The summed E-state index contributed by atoms with van der Waals surface area (Å²) in [6, 6.07) is 43.9. The molecule has 0 bridgehead atoms. The Morgan fingerprint density at radius 3 is 1.52 bits per heavy atom. The molecule has 222 valence electrons. The molecule has 0 nitrogen and oxygen atoms in total. The number of rotatable bonds is 3. The quantitative estimate of drug-likeness (QED) is 0.137. The lowest BCUT2D eigenvalue weighted by molar-refractivity contribution is 1.67. The first-order valence-electron chi connectivity index (χ1n) is 19.6. The monoisotopic (exact) mass is 613 g/mol. The predicted octanol–water partition coefficient (Wildman–Crippen LogP) is 13.6. The fourth-order valence-electron chi connectivity index (χ4n) is 7.54. The Hall–Kier alpha value is -6.24. The number of fused-ring (bicyclic) bond motifs is 7. The highest BCUT2D eigenvalue weighted by Crippen LogP contribution is 2.48. The standard InChI is InChI=1S/C48H30/c1-4-18-35-31(13-1)16-11-25-37(35)34-27-28-44-46(30-34)47(41-26-12-17-32-14-2-5-19-36(32)41)42-23-9-10-24-43(42)48(44)45-29-33-15-3-6-20-38(33)39-21-7-8-22-40(39)45/h1-30H/i9D,10D,23D,24D,27D,28D,30D. The molecule has 0 aromatic heterocycles. The maximum absolute atomic E-state index is 10.2. The van der Waals surface area contributed by atoms with Crippen LogP contribution in [0.2, 0.25) is 0 Å². The van der Waals surface area contributed by atoms with E-state index in [1.165, 1.54) is 0 Å². The predicted molar refractivity (Wildman–Crippen MR) is 208 cm³/mol. The van der Waals surface area contributed by atoms with Crippen LogP contribution in [-0.4, -0.2) is 0 Å². The summed E-state index contributed by atoms with van der Waals surface area (Å²) in [6.07, 6.45) is 0. The Labute approximate surface area is 289 Å². The van der Waals surface area contributed by atoms with Gasteiger partial charge in [-0.05, 0) is 110 Å². The molecule has 0 saturated heterocycles. The van der Waals surface area contributed by atoms with Crippen molar-refractivity contribution in [2.75, 3.05) is 0 Å². The molecule has 0 radical (unpaired) electrons. The Morgan fingerprint density at radius 1 is 0.312 bits per heavy atom. The molecule has 0 saturated carbocycles. The van der Waals surface area contributed by atoms with Gasteiger partial charge in [-0.25, -0.2) is 0 Å². The average Bonchev–Trinajstić information content (AvgIpc) is 3.22. The van der Waals surface area contributed by atoms with Gasteiger partial charge in [0, 0.05) is 0 Å². The molecule has 0 aliphatic heterocycles. The molecule has 0 spiro atoms. The highest BCUT2D eigenvalue weighted by atomic mass is 14.2. The van der Waals surface area contributed by atoms with E-state index in [0.717, 1.165) is 43.1 Å². The minimum absolute atomic E-state index is 0.0240. The van der Waals surface area contributed by atoms with Gasteiger partial charge in [-0.3, -0.25) is 0 Å². The Morgan fingerprint density at radius 2 is 0.812 bits per heavy atom. The van der Waals surface area contributed by atoms with Crippen molar-refractivity contribution in [1.82, 2.24) is 0 Å². The summed E-state index contributed by atoms with van der Waals surface area (Å²) >= 11 is 0. The molecule has 0 N–H and O–H groups in total. The number of benzene rings is 10. The molecule has 0 atom stereocenters. The highest BCUT2D eigenvalue weighted by Gasteiger charge is 2.21. The minimum atomic E-state index is -0.386. The van der Waals surface area contributed by atoms with E-state index in [0.29, 0.717) is 44.2 Å². The molecule has 0 fully saturated rings.